The zero-order valence-electron chi connectivity index (χ0n) is 40.1. The molecule has 0 saturated heterocycles. The van der Waals surface area contributed by atoms with Crippen LogP contribution in [0.2, 0.25) is 0 Å². The lowest BCUT2D eigenvalue weighted by Gasteiger charge is -2.28. The Morgan fingerprint density at radius 2 is 0.775 bits per heavy atom. The van der Waals surface area contributed by atoms with Gasteiger partial charge < -0.3 is 19.1 Å². The average Bonchev–Trinajstić information content (AvgIpc) is 4.10. The topological polar surface area (TPSA) is 41.6 Å². The Kier molecular flexibility index (Phi) is 11.0. The lowest BCUT2D eigenvalue weighted by molar-refractivity contribution is 0.656. The van der Waals surface area contributed by atoms with E-state index in [1.807, 2.05) is 78.9 Å². The minimum absolute atomic E-state index is 0.00100. The minimum Gasteiger partial charge on any atom is -0.456 e. The third-order valence-electron chi connectivity index (χ3n) is 14.4. The predicted molar refractivity (Wildman–Crippen MR) is 301 cm³/mol. The molecule has 2 aromatic heterocycles. The highest BCUT2D eigenvalue weighted by molar-refractivity contribution is 9.10. The van der Waals surface area contributed by atoms with Gasteiger partial charge in [0.15, 0.2) is 0 Å². The fourth-order valence-electron chi connectivity index (χ4n) is 11.0. The number of furan rings is 2. The van der Waals surface area contributed by atoms with E-state index in [0.29, 0.717) is 0 Å². The van der Waals surface area contributed by atoms with Crippen LogP contribution >= 0.6 is 15.9 Å². The number of fused-ring (bicyclic) bond motifs is 14. The lowest BCUT2D eigenvalue weighted by Crippen LogP contribution is -2.16. The zero-order valence-corrected chi connectivity index (χ0v) is 41.7. The first-order chi connectivity index (χ1) is 34.6. The largest absolute Gasteiger partial charge is 0.456 e. The van der Waals surface area contributed by atoms with E-state index in [9.17, 15) is 0 Å². The zero-order chi connectivity index (χ0) is 48.3. The van der Waals surface area contributed by atoms with E-state index in [4.69, 9.17) is 8.83 Å². The van der Waals surface area contributed by atoms with E-state index in [1.54, 1.807) is 0 Å². The molecule has 0 saturated carbocycles. The van der Waals surface area contributed by atoms with E-state index in [1.165, 1.54) is 66.1 Å². The molecule has 2 aliphatic rings. The Morgan fingerprint density at radius 3 is 1.25 bits per heavy atom. The molecule has 5 heteroatoms. The summed E-state index contributed by atoms with van der Waals surface area (Å²) in [5, 5.41) is 8.15. The van der Waals surface area contributed by atoms with Gasteiger partial charge in [-0.25, -0.2) is 0 Å². The van der Waals surface area contributed by atoms with Crippen LogP contribution < -0.4 is 10.2 Å². The molecular formula is C66H51BrN2O2. The number of anilines is 5. The molecule has 0 amide bonds. The van der Waals surface area contributed by atoms with Crippen molar-refractivity contribution in [3.05, 3.63) is 257 Å². The molecule has 0 spiro atoms. The number of nitrogens with zero attached hydrogens (tertiary/aromatic N) is 1. The fourth-order valence-corrected chi connectivity index (χ4v) is 11.4. The summed E-state index contributed by atoms with van der Waals surface area (Å²) in [5.41, 5.74) is 20.1. The number of rotatable bonds is 5. The summed E-state index contributed by atoms with van der Waals surface area (Å²) in [4.78, 5) is 2.34. The maximum absolute atomic E-state index is 6.23. The van der Waals surface area contributed by atoms with Crippen molar-refractivity contribution < 1.29 is 8.83 Å². The van der Waals surface area contributed by atoms with Crippen molar-refractivity contribution in [2.24, 2.45) is 0 Å². The molecule has 10 aromatic carbocycles. The molecule has 0 radical (unpaired) electrons. The maximum Gasteiger partial charge on any atom is 0.136 e. The average molecular weight is 984 g/mol. The second kappa shape index (κ2) is 17.7. The number of hydrogen-bond acceptors (Lipinski definition) is 4. The monoisotopic (exact) mass is 982 g/mol. The van der Waals surface area contributed by atoms with Crippen LogP contribution in [0.5, 0.6) is 0 Å². The van der Waals surface area contributed by atoms with Gasteiger partial charge >= 0.3 is 0 Å². The first kappa shape index (κ1) is 44.1. The van der Waals surface area contributed by atoms with Gasteiger partial charge in [0.25, 0.3) is 0 Å². The van der Waals surface area contributed by atoms with E-state index in [2.05, 4.69) is 206 Å². The summed E-state index contributed by atoms with van der Waals surface area (Å²) < 4.78 is 13.4. The number of benzene rings is 10. The second-order valence-electron chi connectivity index (χ2n) is 19.5. The van der Waals surface area contributed by atoms with Gasteiger partial charge in [0.2, 0.25) is 0 Å². The standard InChI is InChI=1S/C33H25NO.C21H15BrO.C12H11N/c1-33(2)27-19-20-30-32(26-15-9-10-16-29(26)35-30)31(27)25-18-17-24(21-28(25)33)34(22-11-5-3-6-12-22)23-13-7-4-8-14-23;1-21(2)15-9-10-18-20(14-5-3-4-6-17(14)23-18)19(15)13-8-7-12(22)11-16(13)21;1-3-7-11(8-4-1)13-12-9-5-2-6-10-12/h3-21H,1-2H3;3-11H,1-2H3;1-10,13H. The number of para-hydroxylation sites is 6. The number of hydrogen-bond donors (Lipinski definition) is 1. The van der Waals surface area contributed by atoms with Crippen LogP contribution in [0.15, 0.2) is 244 Å². The second-order valence-corrected chi connectivity index (χ2v) is 20.4. The summed E-state index contributed by atoms with van der Waals surface area (Å²) in [5.74, 6) is 0. The third kappa shape index (κ3) is 7.69. The van der Waals surface area contributed by atoms with Gasteiger partial charge in [0.1, 0.15) is 22.3 Å². The molecule has 71 heavy (non-hydrogen) atoms. The highest BCUT2D eigenvalue weighted by Crippen LogP contribution is 2.55. The van der Waals surface area contributed by atoms with Crippen molar-refractivity contribution in [2.75, 3.05) is 10.2 Å². The highest BCUT2D eigenvalue weighted by atomic mass is 79.9. The fraction of sp³-hybridized carbons (Fsp3) is 0.0909. The summed E-state index contributed by atoms with van der Waals surface area (Å²) in [6.07, 6.45) is 0. The normalized spacial score (nSPS) is 13.4. The van der Waals surface area contributed by atoms with Crippen LogP contribution in [0.1, 0.15) is 49.9 Å². The third-order valence-corrected chi connectivity index (χ3v) is 14.9. The van der Waals surface area contributed by atoms with Gasteiger partial charge in [-0.05, 0) is 142 Å². The van der Waals surface area contributed by atoms with Gasteiger partial charge in [-0.2, -0.15) is 0 Å². The van der Waals surface area contributed by atoms with Gasteiger partial charge in [-0.1, -0.05) is 177 Å². The minimum atomic E-state index is -0.119. The predicted octanol–water partition coefficient (Wildman–Crippen LogP) is 19.4. The molecule has 14 rings (SSSR count). The van der Waals surface area contributed by atoms with Crippen LogP contribution in [-0.2, 0) is 10.8 Å². The summed E-state index contributed by atoms with van der Waals surface area (Å²) >= 11 is 3.62. The van der Waals surface area contributed by atoms with Crippen molar-refractivity contribution >= 4 is 88.2 Å². The Hall–Kier alpha value is -8.12. The quantitative estimate of drug-likeness (QED) is 0.187. The van der Waals surface area contributed by atoms with Gasteiger partial charge in [0, 0.05) is 65.3 Å². The van der Waals surface area contributed by atoms with Crippen molar-refractivity contribution in [3.8, 4) is 22.3 Å². The maximum atomic E-state index is 6.23. The Labute approximate surface area is 423 Å². The lowest BCUT2D eigenvalue weighted by atomic mass is 9.82. The van der Waals surface area contributed by atoms with E-state index < -0.39 is 0 Å². The molecule has 0 bridgehead atoms. The van der Waals surface area contributed by atoms with E-state index >= 15 is 0 Å². The highest BCUT2D eigenvalue weighted by Gasteiger charge is 2.39. The molecule has 2 heterocycles. The first-order valence-corrected chi connectivity index (χ1v) is 25.1. The Balaban J connectivity index is 0.000000123. The molecule has 0 unspecified atom stereocenters. The summed E-state index contributed by atoms with van der Waals surface area (Å²) in [6.45, 7) is 9.28. The Bertz CT molecular complexity index is 3840. The van der Waals surface area contributed by atoms with Crippen LogP contribution in [0.25, 0.3) is 66.1 Å². The Morgan fingerprint density at radius 1 is 0.366 bits per heavy atom. The van der Waals surface area contributed by atoms with Crippen LogP contribution in [0, 0.1) is 0 Å². The molecule has 344 valence electrons. The van der Waals surface area contributed by atoms with E-state index in [-0.39, 0.29) is 10.8 Å². The molecule has 1 N–H and O–H groups in total. The molecular weight excluding hydrogens is 933 g/mol. The van der Waals surface area contributed by atoms with Crippen molar-refractivity contribution in [1.82, 2.24) is 0 Å². The number of halogens is 1. The van der Waals surface area contributed by atoms with Crippen molar-refractivity contribution in [1.29, 1.82) is 0 Å². The van der Waals surface area contributed by atoms with Crippen molar-refractivity contribution in [3.63, 3.8) is 0 Å². The molecule has 0 fully saturated rings. The molecule has 12 aromatic rings. The molecule has 0 atom stereocenters. The van der Waals surface area contributed by atoms with Crippen LogP contribution in [-0.4, -0.2) is 0 Å². The van der Waals surface area contributed by atoms with Crippen LogP contribution in [0.4, 0.5) is 28.4 Å². The SMILES string of the molecule is CC1(C)c2cc(Br)ccc2-c2c1ccc1oc3ccccc3c21.CC1(C)c2cc(N(c3ccccc3)c3ccccc3)ccc2-c2c1ccc1oc3ccccc3c21.c1ccc(Nc2ccccc2)cc1. The number of nitrogens with one attached hydrogen (secondary N) is 1. The van der Waals surface area contributed by atoms with E-state index in [0.717, 1.165) is 55.2 Å². The first-order valence-electron chi connectivity index (χ1n) is 24.3. The summed E-state index contributed by atoms with van der Waals surface area (Å²) in [6, 6.07) is 80.5. The van der Waals surface area contributed by atoms with Gasteiger partial charge in [-0.15, -0.1) is 0 Å². The van der Waals surface area contributed by atoms with Gasteiger partial charge in [-0.3, -0.25) is 0 Å². The molecule has 0 aliphatic heterocycles. The molecule has 4 nitrogen and oxygen atoms in total. The van der Waals surface area contributed by atoms with Gasteiger partial charge in [0.05, 0.1) is 0 Å². The molecule has 2 aliphatic carbocycles. The van der Waals surface area contributed by atoms with Crippen molar-refractivity contribution in [2.45, 2.75) is 38.5 Å². The summed E-state index contributed by atoms with van der Waals surface area (Å²) in [7, 11) is 0. The smallest absolute Gasteiger partial charge is 0.136 e. The van der Waals surface area contributed by atoms with Crippen LogP contribution in [0.3, 0.4) is 0 Å².